The minimum absolute atomic E-state index is 0.0537. The van der Waals surface area contributed by atoms with E-state index in [1.165, 1.54) is 23.7 Å². The molecule has 2 nitrogen and oxygen atoms in total. The van der Waals surface area contributed by atoms with Crippen LogP contribution in [0.5, 0.6) is 0 Å². The maximum atomic E-state index is 5.55. The first-order chi connectivity index (χ1) is 6.93. The second-order valence-corrected chi connectivity index (χ2v) is 4.51. The van der Waals surface area contributed by atoms with Gasteiger partial charge in [-0.1, -0.05) is 34.7 Å². The minimum Gasteiger partial charge on any atom is -0.353 e. The highest BCUT2D eigenvalue weighted by Crippen LogP contribution is 2.13. The van der Waals surface area contributed by atoms with E-state index in [1.54, 1.807) is 0 Å². The quantitative estimate of drug-likeness (QED) is 0.324. The van der Waals surface area contributed by atoms with Crippen LogP contribution in [0.1, 0.15) is 32.1 Å². The van der Waals surface area contributed by atoms with Gasteiger partial charge in [-0.25, -0.2) is 0 Å². The molecule has 1 fully saturated rings. The van der Waals surface area contributed by atoms with E-state index in [0.29, 0.717) is 6.61 Å². The van der Waals surface area contributed by atoms with Gasteiger partial charge in [0.15, 0.2) is 6.29 Å². The zero-order valence-corrected chi connectivity index (χ0v) is 10.7. The molecule has 0 radical (unpaired) electrons. The van der Waals surface area contributed by atoms with Gasteiger partial charge >= 0.3 is 0 Å². The summed E-state index contributed by atoms with van der Waals surface area (Å²) in [6.45, 7) is 1.56. The lowest BCUT2D eigenvalue weighted by molar-refractivity contribution is -0.155. The predicted octanol–water partition coefficient (Wildman–Crippen LogP) is 3.30. The Labute approximate surface area is 100 Å². The third-order valence-corrected chi connectivity index (χ3v) is 2.95. The van der Waals surface area contributed by atoms with Crippen molar-refractivity contribution in [3.8, 4) is 0 Å². The van der Waals surface area contributed by atoms with Gasteiger partial charge in [-0.15, -0.1) is 0 Å². The summed E-state index contributed by atoms with van der Waals surface area (Å²) in [5, 5.41) is 0. The smallest absolute Gasteiger partial charge is 0.157 e. The second-order valence-electron chi connectivity index (χ2n) is 3.43. The fraction of sp³-hybridized carbons (Fsp3) is 0.818. The predicted molar refractivity (Wildman–Crippen MR) is 66.8 cm³/mol. The van der Waals surface area contributed by atoms with Gasteiger partial charge in [-0.05, 0) is 36.5 Å². The Hall–Kier alpha value is 0.390. The van der Waals surface area contributed by atoms with Gasteiger partial charge in [-0.3, -0.25) is 0 Å². The molecule has 14 heavy (non-hydrogen) atoms. The largest absolute Gasteiger partial charge is 0.353 e. The third-order valence-electron chi connectivity index (χ3n) is 2.19. The van der Waals surface area contributed by atoms with E-state index < -0.39 is 0 Å². The van der Waals surface area contributed by atoms with Gasteiger partial charge in [-0.2, -0.15) is 0 Å². The molecule has 1 aliphatic rings. The van der Waals surface area contributed by atoms with Crippen molar-refractivity contribution in [1.82, 2.24) is 0 Å². The second kappa shape index (κ2) is 8.68. The number of allylic oxidation sites excluding steroid dienone is 1. The molecule has 0 aliphatic carbocycles. The highest BCUT2D eigenvalue weighted by Gasteiger charge is 2.12. The Balaban J connectivity index is 1.94. The molecule has 1 saturated heterocycles. The van der Waals surface area contributed by atoms with Crippen LogP contribution in [0, 0.1) is 0 Å². The van der Waals surface area contributed by atoms with Gasteiger partial charge in [0.2, 0.25) is 0 Å². The van der Waals surface area contributed by atoms with Crippen LogP contribution in [0.25, 0.3) is 0 Å². The maximum absolute atomic E-state index is 5.55. The van der Waals surface area contributed by atoms with Crippen LogP contribution < -0.4 is 0 Å². The Kier molecular flexibility index (Phi) is 7.72. The lowest BCUT2D eigenvalue weighted by Crippen LogP contribution is -2.22. The zero-order chi connectivity index (χ0) is 10.1. The molecule has 0 bridgehead atoms. The van der Waals surface area contributed by atoms with Crippen molar-refractivity contribution >= 4 is 22.6 Å². The summed E-state index contributed by atoms with van der Waals surface area (Å²) in [5.74, 6) is 0. The Morgan fingerprint density at radius 1 is 1.36 bits per heavy atom. The number of rotatable bonds is 6. The lowest BCUT2D eigenvalue weighted by Gasteiger charge is -2.21. The Morgan fingerprint density at radius 3 is 3.00 bits per heavy atom. The fourth-order valence-electron chi connectivity index (χ4n) is 1.39. The molecule has 1 unspecified atom stereocenters. The van der Waals surface area contributed by atoms with E-state index in [1.807, 2.05) is 0 Å². The topological polar surface area (TPSA) is 18.5 Å². The monoisotopic (exact) mass is 310 g/mol. The molecule has 1 atom stereocenters. The molecular weight excluding hydrogens is 291 g/mol. The van der Waals surface area contributed by atoms with Gasteiger partial charge < -0.3 is 9.47 Å². The number of alkyl halides is 1. The Morgan fingerprint density at radius 2 is 2.29 bits per heavy atom. The number of hydrogen-bond acceptors (Lipinski definition) is 2. The molecule has 0 N–H and O–H groups in total. The maximum Gasteiger partial charge on any atom is 0.157 e. The van der Waals surface area contributed by atoms with Crippen LogP contribution >= 0.6 is 22.6 Å². The van der Waals surface area contributed by atoms with Crippen molar-refractivity contribution in [2.24, 2.45) is 0 Å². The molecule has 0 aromatic rings. The fourth-order valence-corrected chi connectivity index (χ4v) is 1.83. The molecule has 0 aromatic heterocycles. The van der Waals surface area contributed by atoms with Crippen molar-refractivity contribution in [3.63, 3.8) is 0 Å². The summed E-state index contributed by atoms with van der Waals surface area (Å²) in [6, 6.07) is 0. The van der Waals surface area contributed by atoms with Gasteiger partial charge in [0.1, 0.15) is 0 Å². The van der Waals surface area contributed by atoms with Crippen LogP contribution in [0.3, 0.4) is 0 Å². The van der Waals surface area contributed by atoms with E-state index >= 15 is 0 Å². The summed E-state index contributed by atoms with van der Waals surface area (Å²) in [7, 11) is 0. The number of unbranched alkanes of at least 4 members (excludes halogenated alkanes) is 1. The summed E-state index contributed by atoms with van der Waals surface area (Å²) < 4.78 is 12.2. The SMILES string of the molecule is ICCC/C=C/COC1CCCCO1. The molecule has 0 aromatic carbocycles. The van der Waals surface area contributed by atoms with Crippen molar-refractivity contribution in [2.45, 2.75) is 38.4 Å². The first-order valence-electron chi connectivity index (χ1n) is 5.37. The van der Waals surface area contributed by atoms with E-state index in [-0.39, 0.29) is 6.29 Å². The molecule has 3 heteroatoms. The van der Waals surface area contributed by atoms with Crippen molar-refractivity contribution < 1.29 is 9.47 Å². The van der Waals surface area contributed by atoms with E-state index in [4.69, 9.17) is 9.47 Å². The average molecular weight is 310 g/mol. The summed E-state index contributed by atoms with van der Waals surface area (Å²) in [6.07, 6.45) is 10.3. The van der Waals surface area contributed by atoms with Crippen molar-refractivity contribution in [3.05, 3.63) is 12.2 Å². The summed E-state index contributed by atoms with van der Waals surface area (Å²) >= 11 is 2.40. The van der Waals surface area contributed by atoms with E-state index in [0.717, 1.165) is 19.4 Å². The lowest BCUT2D eigenvalue weighted by atomic mass is 10.2. The molecule has 1 aliphatic heterocycles. The molecule has 0 amide bonds. The van der Waals surface area contributed by atoms with Gasteiger partial charge in [0.25, 0.3) is 0 Å². The van der Waals surface area contributed by atoms with Crippen molar-refractivity contribution in [2.75, 3.05) is 17.6 Å². The van der Waals surface area contributed by atoms with Gasteiger partial charge in [0.05, 0.1) is 6.61 Å². The standard InChI is InChI=1S/C11H19IO2/c12-8-4-1-2-5-9-13-11-7-3-6-10-14-11/h2,5,11H,1,3-4,6-10H2/b5-2+. The Bertz CT molecular complexity index is 153. The van der Waals surface area contributed by atoms with Crippen LogP contribution in [0.2, 0.25) is 0 Å². The first kappa shape index (κ1) is 12.5. The molecule has 82 valence electrons. The highest BCUT2D eigenvalue weighted by atomic mass is 127. The van der Waals surface area contributed by atoms with Crippen LogP contribution in [-0.2, 0) is 9.47 Å². The highest BCUT2D eigenvalue weighted by molar-refractivity contribution is 14.1. The number of hydrogen-bond donors (Lipinski definition) is 0. The van der Waals surface area contributed by atoms with Crippen LogP contribution in [-0.4, -0.2) is 23.9 Å². The molecule has 0 saturated carbocycles. The molecule has 1 heterocycles. The molecule has 1 rings (SSSR count). The summed E-state index contributed by atoms with van der Waals surface area (Å²) in [4.78, 5) is 0. The third kappa shape index (κ3) is 5.98. The minimum atomic E-state index is 0.0537. The zero-order valence-electron chi connectivity index (χ0n) is 8.58. The first-order valence-corrected chi connectivity index (χ1v) is 6.90. The number of halogens is 1. The summed E-state index contributed by atoms with van der Waals surface area (Å²) in [5.41, 5.74) is 0. The number of ether oxygens (including phenoxy) is 2. The van der Waals surface area contributed by atoms with Crippen LogP contribution in [0.4, 0.5) is 0 Å². The normalized spacial score (nSPS) is 23.1. The molecular formula is C11H19IO2. The van der Waals surface area contributed by atoms with E-state index in [9.17, 15) is 0 Å². The average Bonchev–Trinajstić information content (AvgIpc) is 2.25. The van der Waals surface area contributed by atoms with E-state index in [2.05, 4.69) is 34.7 Å². The van der Waals surface area contributed by atoms with Crippen LogP contribution in [0.15, 0.2) is 12.2 Å². The van der Waals surface area contributed by atoms with Crippen molar-refractivity contribution in [1.29, 1.82) is 0 Å². The molecule has 0 spiro atoms. The van der Waals surface area contributed by atoms with Gasteiger partial charge in [0, 0.05) is 6.61 Å².